The molecule has 2 heterocycles. The van der Waals surface area contributed by atoms with Crippen LogP contribution in [0.15, 0.2) is 18.2 Å². The number of carbonyl (C=O) groups is 2. The molecule has 2 aliphatic heterocycles. The Hall–Kier alpha value is -1.95. The molecule has 1 spiro atoms. The third-order valence-corrected chi connectivity index (χ3v) is 5.58. The molecule has 0 saturated carbocycles. The minimum absolute atomic E-state index is 0.0252. The van der Waals surface area contributed by atoms with E-state index in [0.29, 0.717) is 24.2 Å². The van der Waals surface area contributed by atoms with E-state index in [4.69, 9.17) is 0 Å². The lowest BCUT2D eigenvalue weighted by Gasteiger charge is -2.39. The molecule has 142 valence electrons. The van der Waals surface area contributed by atoms with Gasteiger partial charge in [-0.25, -0.2) is 4.39 Å². The molecule has 1 aromatic rings. The quantitative estimate of drug-likeness (QED) is 0.851. The zero-order valence-electron chi connectivity index (χ0n) is 15.8. The molecule has 5 nitrogen and oxygen atoms in total. The van der Waals surface area contributed by atoms with Gasteiger partial charge in [-0.1, -0.05) is 20.8 Å². The smallest absolute Gasteiger partial charge is 0.256 e. The molecule has 2 aliphatic rings. The van der Waals surface area contributed by atoms with Crippen molar-refractivity contribution in [2.75, 3.05) is 31.5 Å². The second kappa shape index (κ2) is 6.99. The van der Waals surface area contributed by atoms with Crippen molar-refractivity contribution in [1.29, 1.82) is 0 Å². The number of hydrogen-bond acceptors (Lipinski definition) is 3. The van der Waals surface area contributed by atoms with Gasteiger partial charge in [0.25, 0.3) is 5.91 Å². The Balaban J connectivity index is 1.71. The maximum atomic E-state index is 14.3. The van der Waals surface area contributed by atoms with Crippen LogP contribution in [0.5, 0.6) is 0 Å². The number of anilines is 1. The van der Waals surface area contributed by atoms with Crippen LogP contribution in [0.2, 0.25) is 0 Å². The Morgan fingerprint density at radius 1 is 1.19 bits per heavy atom. The van der Waals surface area contributed by atoms with Crippen LogP contribution in [0.1, 0.15) is 50.4 Å². The number of carbonyl (C=O) groups excluding carboxylic acids is 2. The van der Waals surface area contributed by atoms with Crippen molar-refractivity contribution in [2.45, 2.75) is 40.0 Å². The number of rotatable bonds is 2. The molecule has 0 bridgehead atoms. The molecule has 0 unspecified atom stereocenters. The summed E-state index contributed by atoms with van der Waals surface area (Å²) >= 11 is 0. The number of nitrogens with zero attached hydrogens (tertiary/aromatic N) is 1. The van der Waals surface area contributed by atoms with Crippen molar-refractivity contribution in [3.05, 3.63) is 29.6 Å². The highest BCUT2D eigenvalue weighted by Gasteiger charge is 2.38. The predicted octanol–water partition coefficient (Wildman–Crippen LogP) is 3.03. The highest BCUT2D eigenvalue weighted by Crippen LogP contribution is 2.37. The molecular formula is C20H28FN3O2. The molecule has 2 N–H and O–H groups in total. The molecule has 1 aromatic carbocycles. The van der Waals surface area contributed by atoms with E-state index in [9.17, 15) is 14.0 Å². The summed E-state index contributed by atoms with van der Waals surface area (Å²) in [5, 5.41) is 6.16. The van der Waals surface area contributed by atoms with Crippen LogP contribution >= 0.6 is 0 Å². The Labute approximate surface area is 154 Å². The fourth-order valence-electron chi connectivity index (χ4n) is 3.66. The summed E-state index contributed by atoms with van der Waals surface area (Å²) in [6.45, 7) is 8.77. The molecule has 0 atom stereocenters. The van der Waals surface area contributed by atoms with Crippen LogP contribution in [0.25, 0.3) is 0 Å². The Bertz CT molecular complexity index is 695. The first-order chi connectivity index (χ1) is 12.2. The number of halogens is 1. The van der Waals surface area contributed by atoms with Crippen molar-refractivity contribution in [2.24, 2.45) is 10.8 Å². The number of benzene rings is 1. The Morgan fingerprint density at radius 3 is 2.46 bits per heavy atom. The summed E-state index contributed by atoms with van der Waals surface area (Å²) in [4.78, 5) is 26.7. The average molecular weight is 361 g/mol. The monoisotopic (exact) mass is 361 g/mol. The number of hydrogen-bond donors (Lipinski definition) is 2. The van der Waals surface area contributed by atoms with E-state index in [1.807, 2.05) is 0 Å². The first-order valence-electron chi connectivity index (χ1n) is 9.31. The molecule has 0 aliphatic carbocycles. The number of nitrogens with one attached hydrogen (secondary N) is 2. The summed E-state index contributed by atoms with van der Waals surface area (Å²) in [6.07, 6.45) is 3.05. The Kier molecular flexibility index (Phi) is 5.06. The van der Waals surface area contributed by atoms with Gasteiger partial charge in [0.2, 0.25) is 5.91 Å². The lowest BCUT2D eigenvalue weighted by atomic mass is 9.78. The molecular weight excluding hydrogens is 333 g/mol. The summed E-state index contributed by atoms with van der Waals surface area (Å²) in [5.74, 6) is -1.02. The van der Waals surface area contributed by atoms with E-state index in [-0.39, 0.29) is 17.4 Å². The highest BCUT2D eigenvalue weighted by molar-refractivity contribution is 5.98. The van der Waals surface area contributed by atoms with Crippen molar-refractivity contribution in [1.82, 2.24) is 10.2 Å². The fraction of sp³-hybridized carbons (Fsp3) is 0.600. The average Bonchev–Trinajstić information content (AvgIpc) is 3.04. The summed E-state index contributed by atoms with van der Waals surface area (Å²) in [5.41, 5.74) is 0.216. The van der Waals surface area contributed by atoms with Crippen molar-refractivity contribution in [3.63, 3.8) is 0 Å². The number of likely N-dealkylation sites (tertiary alicyclic amines) is 1. The summed E-state index contributed by atoms with van der Waals surface area (Å²) in [7, 11) is 0. The topological polar surface area (TPSA) is 61.4 Å². The minimum Gasteiger partial charge on any atom is -0.339 e. The second-order valence-electron chi connectivity index (χ2n) is 8.62. The lowest BCUT2D eigenvalue weighted by molar-refractivity contribution is -0.123. The lowest BCUT2D eigenvalue weighted by Crippen LogP contribution is -2.44. The van der Waals surface area contributed by atoms with Crippen LogP contribution in [0, 0.1) is 16.6 Å². The van der Waals surface area contributed by atoms with Gasteiger partial charge in [-0.3, -0.25) is 9.59 Å². The van der Waals surface area contributed by atoms with E-state index in [1.165, 1.54) is 18.2 Å². The van der Waals surface area contributed by atoms with E-state index < -0.39 is 11.2 Å². The van der Waals surface area contributed by atoms with Crippen molar-refractivity contribution >= 4 is 17.5 Å². The third kappa shape index (κ3) is 3.90. The molecule has 3 rings (SSSR count). The molecule has 26 heavy (non-hydrogen) atoms. The predicted molar refractivity (Wildman–Crippen MR) is 99.5 cm³/mol. The zero-order chi connectivity index (χ0) is 18.9. The zero-order valence-corrected chi connectivity index (χ0v) is 15.8. The van der Waals surface area contributed by atoms with Crippen LogP contribution in [0.4, 0.5) is 10.1 Å². The van der Waals surface area contributed by atoms with Crippen molar-refractivity contribution in [3.8, 4) is 0 Å². The molecule has 2 saturated heterocycles. The van der Waals surface area contributed by atoms with Crippen LogP contribution < -0.4 is 10.6 Å². The molecule has 0 aromatic heterocycles. The van der Waals surface area contributed by atoms with Gasteiger partial charge in [0.05, 0.1) is 5.56 Å². The minimum atomic E-state index is -0.560. The normalized spacial score (nSPS) is 19.6. The molecule has 2 fully saturated rings. The van der Waals surface area contributed by atoms with Crippen LogP contribution in [-0.4, -0.2) is 42.9 Å². The molecule has 6 heteroatoms. The third-order valence-electron chi connectivity index (χ3n) is 5.58. The molecule has 2 amide bonds. The maximum absolute atomic E-state index is 14.3. The van der Waals surface area contributed by atoms with Gasteiger partial charge < -0.3 is 15.5 Å². The van der Waals surface area contributed by atoms with E-state index in [1.54, 1.807) is 25.7 Å². The first kappa shape index (κ1) is 18.8. The van der Waals surface area contributed by atoms with Crippen LogP contribution in [0.3, 0.4) is 0 Å². The van der Waals surface area contributed by atoms with E-state index in [0.717, 1.165) is 32.4 Å². The summed E-state index contributed by atoms with van der Waals surface area (Å²) in [6, 6.07) is 4.19. The fourth-order valence-corrected chi connectivity index (χ4v) is 3.66. The summed E-state index contributed by atoms with van der Waals surface area (Å²) < 4.78 is 14.3. The van der Waals surface area contributed by atoms with E-state index >= 15 is 0 Å². The van der Waals surface area contributed by atoms with Gasteiger partial charge in [-0.05, 0) is 49.4 Å². The van der Waals surface area contributed by atoms with Gasteiger partial charge in [-0.2, -0.15) is 0 Å². The van der Waals surface area contributed by atoms with Gasteiger partial charge in [-0.15, -0.1) is 0 Å². The van der Waals surface area contributed by atoms with Gasteiger partial charge >= 0.3 is 0 Å². The second-order valence-corrected chi connectivity index (χ2v) is 8.62. The largest absolute Gasteiger partial charge is 0.339 e. The van der Waals surface area contributed by atoms with Gasteiger partial charge in [0.15, 0.2) is 0 Å². The van der Waals surface area contributed by atoms with Gasteiger partial charge in [0, 0.05) is 30.7 Å². The van der Waals surface area contributed by atoms with E-state index in [2.05, 4.69) is 10.6 Å². The standard InChI is InChI=1S/C20H28FN3O2/c1-19(2,3)18(26)23-14-4-5-16(21)15(12-14)17(25)24-10-7-20(8-11-24)6-9-22-13-20/h4-5,12,22H,6-11,13H2,1-3H3,(H,23,26). The highest BCUT2D eigenvalue weighted by atomic mass is 19.1. The SMILES string of the molecule is CC(C)(C)C(=O)Nc1ccc(F)c(C(=O)N2CCC3(CCNC3)CC2)c1. The van der Waals surface area contributed by atoms with Crippen LogP contribution in [-0.2, 0) is 4.79 Å². The molecule has 0 radical (unpaired) electrons. The Morgan fingerprint density at radius 2 is 1.88 bits per heavy atom. The maximum Gasteiger partial charge on any atom is 0.256 e. The first-order valence-corrected chi connectivity index (χ1v) is 9.31. The van der Waals surface area contributed by atoms with Crippen molar-refractivity contribution < 1.29 is 14.0 Å². The number of amides is 2. The van der Waals surface area contributed by atoms with Gasteiger partial charge in [0.1, 0.15) is 5.82 Å². The number of piperidine rings is 1.